The van der Waals surface area contributed by atoms with Crippen molar-refractivity contribution < 1.29 is 18.3 Å². The second-order valence-corrected chi connectivity index (χ2v) is 5.15. The molecule has 2 heterocycles. The van der Waals surface area contributed by atoms with Gasteiger partial charge in [0.15, 0.2) is 17.1 Å². The van der Waals surface area contributed by atoms with E-state index >= 15 is 0 Å². The Morgan fingerprint density at radius 1 is 1.24 bits per heavy atom. The summed E-state index contributed by atoms with van der Waals surface area (Å²) in [5.41, 5.74) is 2.31. The van der Waals surface area contributed by atoms with Crippen molar-refractivity contribution >= 4 is 29.3 Å². The summed E-state index contributed by atoms with van der Waals surface area (Å²) < 4.78 is 22.5. The molecular formula is C15H21NO4S. The van der Waals surface area contributed by atoms with Crippen LogP contribution in [-0.2, 0) is 9.47 Å². The molecule has 0 aliphatic rings. The van der Waals surface area contributed by atoms with Crippen LogP contribution in [0.15, 0.2) is 21.2 Å². The maximum atomic E-state index is 5.93. The SMILES string of the molecule is CCN(CCOCCOC)c1cc(=S)c2occ(C)c2o1. The van der Waals surface area contributed by atoms with Gasteiger partial charge in [-0.3, -0.25) is 0 Å². The minimum atomic E-state index is 0.595. The van der Waals surface area contributed by atoms with Crippen LogP contribution in [0.5, 0.6) is 0 Å². The van der Waals surface area contributed by atoms with Crippen LogP contribution < -0.4 is 4.90 Å². The first-order valence-electron chi connectivity index (χ1n) is 7.01. The molecule has 0 bridgehead atoms. The maximum Gasteiger partial charge on any atom is 0.197 e. The van der Waals surface area contributed by atoms with Crippen LogP contribution in [0.2, 0.25) is 0 Å². The normalized spacial score (nSPS) is 11.2. The van der Waals surface area contributed by atoms with Crippen molar-refractivity contribution in [2.75, 3.05) is 44.9 Å². The third kappa shape index (κ3) is 3.84. The molecule has 0 aliphatic heterocycles. The zero-order valence-corrected chi connectivity index (χ0v) is 13.5. The lowest BCUT2D eigenvalue weighted by molar-refractivity contribution is 0.0739. The van der Waals surface area contributed by atoms with E-state index in [9.17, 15) is 0 Å². The summed E-state index contributed by atoms with van der Waals surface area (Å²) in [6.07, 6.45) is 1.66. The van der Waals surface area contributed by atoms with E-state index in [2.05, 4.69) is 11.8 Å². The van der Waals surface area contributed by atoms with E-state index in [0.717, 1.165) is 30.1 Å². The predicted molar refractivity (Wildman–Crippen MR) is 84.6 cm³/mol. The number of nitrogens with zero attached hydrogens (tertiary/aromatic N) is 1. The average molecular weight is 311 g/mol. The molecule has 0 saturated heterocycles. The molecule has 0 amide bonds. The highest BCUT2D eigenvalue weighted by Crippen LogP contribution is 2.27. The molecule has 0 unspecified atom stereocenters. The summed E-state index contributed by atoms with van der Waals surface area (Å²) in [6, 6.07) is 1.83. The molecule has 0 fully saturated rings. The number of methoxy groups -OCH3 is 1. The highest BCUT2D eigenvalue weighted by atomic mass is 32.1. The third-order valence-corrected chi connectivity index (χ3v) is 3.54. The van der Waals surface area contributed by atoms with E-state index in [4.69, 9.17) is 30.5 Å². The van der Waals surface area contributed by atoms with Crippen LogP contribution in [0.3, 0.4) is 0 Å². The summed E-state index contributed by atoms with van der Waals surface area (Å²) >= 11 is 5.36. The van der Waals surface area contributed by atoms with Crippen molar-refractivity contribution in [3.63, 3.8) is 0 Å². The summed E-state index contributed by atoms with van der Waals surface area (Å²) in [6.45, 7) is 7.37. The van der Waals surface area contributed by atoms with E-state index in [1.54, 1.807) is 13.4 Å². The third-order valence-electron chi connectivity index (χ3n) is 3.23. The van der Waals surface area contributed by atoms with Gasteiger partial charge in [0.05, 0.1) is 30.6 Å². The molecule has 0 aliphatic carbocycles. The molecule has 0 aromatic carbocycles. The van der Waals surface area contributed by atoms with Gasteiger partial charge in [-0.2, -0.15) is 0 Å². The van der Waals surface area contributed by atoms with Crippen molar-refractivity contribution in [2.45, 2.75) is 13.8 Å². The van der Waals surface area contributed by atoms with Crippen LogP contribution >= 0.6 is 12.2 Å². The second kappa shape index (κ2) is 7.59. The summed E-state index contributed by atoms with van der Waals surface area (Å²) in [4.78, 5) is 2.09. The number of anilines is 1. The van der Waals surface area contributed by atoms with Gasteiger partial charge in [0.2, 0.25) is 0 Å². The van der Waals surface area contributed by atoms with Crippen LogP contribution in [0, 0.1) is 11.4 Å². The van der Waals surface area contributed by atoms with Crippen LogP contribution in [0.25, 0.3) is 11.2 Å². The molecule has 2 aromatic rings. The zero-order valence-electron chi connectivity index (χ0n) is 12.7. The molecule has 5 nitrogen and oxygen atoms in total. The van der Waals surface area contributed by atoms with Gasteiger partial charge in [0.25, 0.3) is 0 Å². The number of aryl methyl sites for hydroxylation is 1. The first-order valence-corrected chi connectivity index (χ1v) is 7.41. The van der Waals surface area contributed by atoms with Crippen LogP contribution in [0.1, 0.15) is 12.5 Å². The molecule has 0 atom stereocenters. The van der Waals surface area contributed by atoms with E-state index < -0.39 is 0 Å². The summed E-state index contributed by atoms with van der Waals surface area (Å²) in [7, 11) is 1.66. The fourth-order valence-electron chi connectivity index (χ4n) is 2.04. The van der Waals surface area contributed by atoms with Crippen molar-refractivity contribution in [2.24, 2.45) is 0 Å². The maximum absolute atomic E-state index is 5.93. The lowest BCUT2D eigenvalue weighted by Crippen LogP contribution is -2.27. The summed E-state index contributed by atoms with van der Waals surface area (Å²) in [5.74, 6) is 0.745. The minimum absolute atomic E-state index is 0.595. The number of likely N-dealkylation sites (N-methyl/N-ethyl adjacent to an activating group) is 1. The van der Waals surface area contributed by atoms with E-state index in [1.807, 2.05) is 13.0 Å². The average Bonchev–Trinajstić information content (AvgIpc) is 2.85. The molecule has 116 valence electrons. The van der Waals surface area contributed by atoms with Crippen LogP contribution in [-0.4, -0.2) is 40.0 Å². The van der Waals surface area contributed by atoms with Gasteiger partial charge >= 0.3 is 0 Å². The predicted octanol–water partition coefficient (Wildman–Crippen LogP) is 3.55. The van der Waals surface area contributed by atoms with Gasteiger partial charge in [0, 0.05) is 31.8 Å². The Kier molecular flexibility index (Phi) is 5.78. The first kappa shape index (κ1) is 16.0. The Morgan fingerprint density at radius 3 is 2.76 bits per heavy atom. The van der Waals surface area contributed by atoms with Crippen molar-refractivity contribution in [1.82, 2.24) is 0 Å². The molecule has 2 rings (SSSR count). The van der Waals surface area contributed by atoms with Gasteiger partial charge in [-0.05, 0) is 13.8 Å². The highest BCUT2D eigenvalue weighted by molar-refractivity contribution is 7.71. The Labute approximate surface area is 129 Å². The van der Waals surface area contributed by atoms with E-state index in [0.29, 0.717) is 29.9 Å². The monoisotopic (exact) mass is 311 g/mol. The number of furan rings is 1. The largest absolute Gasteiger partial charge is 0.459 e. The Morgan fingerprint density at radius 2 is 2.05 bits per heavy atom. The Bertz CT molecular complexity index is 634. The minimum Gasteiger partial charge on any atom is -0.459 e. The standard InChI is InChI=1S/C15H21NO4S/c1-4-16(5-6-18-8-7-17-3)13-9-12(21)15-14(20-13)11(2)10-19-15/h9-10H,4-8H2,1-3H3. The van der Waals surface area contributed by atoms with Crippen molar-refractivity contribution in [3.8, 4) is 0 Å². The number of ether oxygens (including phenoxy) is 2. The number of hydrogen-bond acceptors (Lipinski definition) is 6. The quantitative estimate of drug-likeness (QED) is 0.549. The lowest BCUT2D eigenvalue weighted by atomic mass is 10.3. The van der Waals surface area contributed by atoms with E-state index in [-0.39, 0.29) is 0 Å². The topological polar surface area (TPSA) is 48.0 Å². The summed E-state index contributed by atoms with van der Waals surface area (Å²) in [5, 5.41) is 0. The molecule has 0 saturated carbocycles. The lowest BCUT2D eigenvalue weighted by Gasteiger charge is -2.21. The molecule has 0 N–H and O–H groups in total. The molecular weight excluding hydrogens is 290 g/mol. The highest BCUT2D eigenvalue weighted by Gasteiger charge is 2.13. The molecule has 0 spiro atoms. The number of rotatable bonds is 8. The first-order chi connectivity index (χ1) is 10.2. The van der Waals surface area contributed by atoms with Gasteiger partial charge in [-0.1, -0.05) is 12.2 Å². The number of hydrogen-bond donors (Lipinski definition) is 0. The Balaban J connectivity index is 2.10. The Hall–Kier alpha value is -1.37. The molecule has 0 radical (unpaired) electrons. The number of fused-ring (bicyclic) bond motifs is 1. The van der Waals surface area contributed by atoms with Gasteiger partial charge in [-0.15, -0.1) is 0 Å². The van der Waals surface area contributed by atoms with Crippen molar-refractivity contribution in [1.29, 1.82) is 0 Å². The molecule has 21 heavy (non-hydrogen) atoms. The van der Waals surface area contributed by atoms with Gasteiger partial charge in [-0.25, -0.2) is 0 Å². The van der Waals surface area contributed by atoms with Gasteiger partial charge < -0.3 is 23.2 Å². The smallest absolute Gasteiger partial charge is 0.197 e. The van der Waals surface area contributed by atoms with Gasteiger partial charge in [0.1, 0.15) is 0 Å². The zero-order chi connectivity index (χ0) is 15.2. The van der Waals surface area contributed by atoms with Crippen molar-refractivity contribution in [3.05, 3.63) is 22.4 Å². The van der Waals surface area contributed by atoms with Crippen LogP contribution in [0.4, 0.5) is 5.88 Å². The molecule has 6 heteroatoms. The van der Waals surface area contributed by atoms with E-state index in [1.165, 1.54) is 0 Å². The second-order valence-electron chi connectivity index (χ2n) is 4.71. The fourth-order valence-corrected chi connectivity index (χ4v) is 2.28. The fraction of sp³-hybridized carbons (Fsp3) is 0.533. The molecule has 2 aromatic heterocycles.